The van der Waals surface area contributed by atoms with E-state index in [1.54, 1.807) is 0 Å². The second-order valence-corrected chi connectivity index (χ2v) is 6.20. The molecule has 1 saturated carbocycles. The van der Waals surface area contributed by atoms with Crippen molar-refractivity contribution < 1.29 is 45.0 Å². The molecule has 2 unspecified atom stereocenters. The van der Waals surface area contributed by atoms with Crippen LogP contribution in [0.5, 0.6) is 11.5 Å². The molecule has 1 aromatic carbocycles. The number of rotatable bonds is 6. The second kappa shape index (κ2) is 7.83. The molecule has 26 heavy (non-hydrogen) atoms. The maximum atomic E-state index is 11.8. The molecule has 1 aliphatic rings. The number of carboxylic acid groups (broad SMARTS) is 1. The lowest BCUT2D eigenvalue weighted by Gasteiger charge is -2.39. The van der Waals surface area contributed by atoms with Crippen molar-refractivity contribution in [3.63, 3.8) is 0 Å². The first-order chi connectivity index (χ1) is 12.1. The van der Waals surface area contributed by atoms with Gasteiger partial charge < -0.3 is 35.4 Å². The molecule has 0 bridgehead atoms. The Bertz CT molecular complexity index is 700. The number of carboxylic acids is 1. The maximum absolute atomic E-state index is 11.8. The van der Waals surface area contributed by atoms with E-state index in [0.717, 1.165) is 6.08 Å². The van der Waals surface area contributed by atoms with Gasteiger partial charge in [0.15, 0.2) is 22.9 Å². The van der Waals surface area contributed by atoms with E-state index in [9.17, 15) is 35.1 Å². The smallest absolute Gasteiger partial charge is 0.335 e. The zero-order valence-corrected chi connectivity index (χ0v) is 13.6. The summed E-state index contributed by atoms with van der Waals surface area (Å²) < 4.78 is 5.18. The maximum Gasteiger partial charge on any atom is 0.335 e. The Morgan fingerprint density at radius 1 is 1.15 bits per heavy atom. The van der Waals surface area contributed by atoms with Gasteiger partial charge in [0.2, 0.25) is 0 Å². The summed E-state index contributed by atoms with van der Waals surface area (Å²) >= 11 is 0. The van der Waals surface area contributed by atoms with Crippen LogP contribution < -0.4 is 0 Å². The average molecular weight is 368 g/mol. The first-order valence-corrected chi connectivity index (χ1v) is 7.79. The summed E-state index contributed by atoms with van der Waals surface area (Å²) in [6.45, 7) is -0.481. The zero-order chi connectivity index (χ0) is 19.5. The highest BCUT2D eigenvalue weighted by atomic mass is 16.5. The van der Waals surface area contributed by atoms with Crippen molar-refractivity contribution >= 4 is 17.8 Å². The van der Waals surface area contributed by atoms with E-state index in [-0.39, 0.29) is 11.5 Å². The van der Waals surface area contributed by atoms with Crippen molar-refractivity contribution in [2.45, 2.75) is 36.8 Å². The zero-order valence-electron chi connectivity index (χ0n) is 13.6. The number of aliphatic carboxylic acids is 1. The summed E-state index contributed by atoms with van der Waals surface area (Å²) in [7, 11) is 0. The van der Waals surface area contributed by atoms with Gasteiger partial charge in [0.05, 0.1) is 12.2 Å². The molecule has 0 aromatic heterocycles. The van der Waals surface area contributed by atoms with Crippen LogP contribution >= 0.6 is 0 Å². The Morgan fingerprint density at radius 2 is 1.77 bits per heavy atom. The molecular weight excluding hydrogens is 348 g/mol. The van der Waals surface area contributed by atoms with Crippen molar-refractivity contribution in [1.82, 2.24) is 0 Å². The number of aliphatic hydroxyl groups is 3. The van der Waals surface area contributed by atoms with Crippen LogP contribution in [0, 0.1) is 0 Å². The number of phenols is 2. The van der Waals surface area contributed by atoms with Crippen molar-refractivity contribution in [2.24, 2.45) is 0 Å². The summed E-state index contributed by atoms with van der Waals surface area (Å²) in [5.74, 6) is -2.69. The molecule has 142 valence electrons. The highest BCUT2D eigenvalue weighted by Gasteiger charge is 2.49. The van der Waals surface area contributed by atoms with Gasteiger partial charge in [0, 0.05) is 12.8 Å². The van der Waals surface area contributed by atoms with Gasteiger partial charge in [-0.15, -0.1) is 0 Å². The van der Waals surface area contributed by atoms with Crippen LogP contribution in [0.15, 0.2) is 24.3 Å². The molecule has 2 atom stereocenters. The Labute approximate surface area is 148 Å². The summed E-state index contributed by atoms with van der Waals surface area (Å²) in [6.07, 6.45) is -2.63. The number of phenolic OH excluding ortho intramolecular Hbond substituents is 2. The molecule has 0 heterocycles. The molecule has 1 aliphatic carbocycles. The van der Waals surface area contributed by atoms with Gasteiger partial charge in [-0.25, -0.2) is 4.79 Å². The lowest BCUT2D eigenvalue weighted by Crippen LogP contribution is -2.57. The van der Waals surface area contributed by atoms with Crippen molar-refractivity contribution in [3.05, 3.63) is 29.8 Å². The predicted molar refractivity (Wildman–Crippen MR) is 87.4 cm³/mol. The molecule has 9 nitrogen and oxygen atoms in total. The SMILES string of the molecule is O=C(C=Cc1ccc(O)c(O)c1)COC1C(O)CC(O)(C(=O)O)CC1O. The number of ketones is 1. The molecular formula is C17H20O9. The third-order valence-electron chi connectivity index (χ3n) is 4.13. The molecule has 1 fully saturated rings. The van der Waals surface area contributed by atoms with E-state index >= 15 is 0 Å². The molecule has 2 rings (SSSR count). The molecule has 9 heteroatoms. The largest absolute Gasteiger partial charge is 0.504 e. The van der Waals surface area contributed by atoms with Crippen LogP contribution in [0.1, 0.15) is 18.4 Å². The molecule has 6 N–H and O–H groups in total. The molecule has 0 saturated heterocycles. The van der Waals surface area contributed by atoms with Crippen LogP contribution in [-0.2, 0) is 14.3 Å². The van der Waals surface area contributed by atoms with Gasteiger partial charge in [0.25, 0.3) is 0 Å². The molecule has 0 aliphatic heterocycles. The molecule has 1 aromatic rings. The number of carbonyl (C=O) groups excluding carboxylic acids is 1. The van der Waals surface area contributed by atoms with Gasteiger partial charge in [0.1, 0.15) is 12.7 Å². The molecule has 0 radical (unpaired) electrons. The highest BCUT2D eigenvalue weighted by molar-refractivity contribution is 5.94. The Hall–Kier alpha value is -2.46. The first-order valence-electron chi connectivity index (χ1n) is 7.79. The number of benzene rings is 1. The van der Waals surface area contributed by atoms with E-state index in [2.05, 4.69) is 0 Å². The number of aromatic hydroxyl groups is 2. The van der Waals surface area contributed by atoms with E-state index in [1.165, 1.54) is 24.3 Å². The van der Waals surface area contributed by atoms with Gasteiger partial charge >= 0.3 is 5.97 Å². The quantitative estimate of drug-likeness (QED) is 0.284. The normalized spacial score (nSPS) is 29.0. The average Bonchev–Trinajstić information content (AvgIpc) is 2.55. The minimum Gasteiger partial charge on any atom is -0.504 e. The van der Waals surface area contributed by atoms with Crippen molar-refractivity contribution in [3.8, 4) is 11.5 Å². The Morgan fingerprint density at radius 3 is 2.31 bits per heavy atom. The van der Waals surface area contributed by atoms with Crippen LogP contribution in [0.3, 0.4) is 0 Å². The fraction of sp³-hybridized carbons (Fsp3) is 0.412. The number of aliphatic hydroxyl groups excluding tert-OH is 2. The van der Waals surface area contributed by atoms with Crippen molar-refractivity contribution in [1.29, 1.82) is 0 Å². The summed E-state index contributed by atoms with van der Waals surface area (Å²) in [5, 5.41) is 57.2. The number of ether oxygens (including phenoxy) is 1. The third-order valence-corrected chi connectivity index (χ3v) is 4.13. The van der Waals surface area contributed by atoms with E-state index in [1.807, 2.05) is 0 Å². The monoisotopic (exact) mass is 368 g/mol. The van der Waals surface area contributed by atoms with E-state index < -0.39 is 55.1 Å². The Kier molecular flexibility index (Phi) is 5.98. The van der Waals surface area contributed by atoms with Gasteiger partial charge in [-0.1, -0.05) is 12.1 Å². The van der Waals surface area contributed by atoms with Crippen LogP contribution in [0.25, 0.3) is 6.08 Å². The lowest BCUT2D eigenvalue weighted by molar-refractivity contribution is -0.194. The number of hydrogen-bond donors (Lipinski definition) is 6. The van der Waals surface area contributed by atoms with Crippen LogP contribution in [-0.4, -0.2) is 72.9 Å². The first kappa shape index (κ1) is 19.9. The lowest BCUT2D eigenvalue weighted by atomic mass is 9.79. The van der Waals surface area contributed by atoms with Gasteiger partial charge in [-0.05, 0) is 23.8 Å². The Balaban J connectivity index is 1.91. The predicted octanol–water partition coefficient (Wildman–Crippen LogP) is -0.603. The summed E-state index contributed by atoms with van der Waals surface area (Å²) in [4.78, 5) is 22.8. The number of carbonyl (C=O) groups is 2. The fourth-order valence-corrected chi connectivity index (χ4v) is 2.72. The second-order valence-electron chi connectivity index (χ2n) is 6.20. The standard InChI is InChI=1S/C17H20O9/c18-10(3-1-9-2-4-11(19)12(20)5-9)8-26-15-13(21)6-17(25,16(23)24)7-14(15)22/h1-5,13-15,19-22,25H,6-8H2,(H,23,24). The van der Waals surface area contributed by atoms with Gasteiger partial charge in [-0.2, -0.15) is 0 Å². The van der Waals surface area contributed by atoms with E-state index in [0.29, 0.717) is 5.56 Å². The van der Waals surface area contributed by atoms with Crippen LogP contribution in [0.2, 0.25) is 0 Å². The summed E-state index contributed by atoms with van der Waals surface area (Å²) in [5.41, 5.74) is -1.79. The van der Waals surface area contributed by atoms with Crippen molar-refractivity contribution in [2.75, 3.05) is 6.61 Å². The molecule has 0 spiro atoms. The topological polar surface area (TPSA) is 165 Å². The number of hydrogen-bond acceptors (Lipinski definition) is 8. The minimum atomic E-state index is -2.25. The molecule has 0 amide bonds. The third kappa shape index (κ3) is 4.58. The van der Waals surface area contributed by atoms with Crippen LogP contribution in [0.4, 0.5) is 0 Å². The minimum absolute atomic E-state index is 0.293. The fourth-order valence-electron chi connectivity index (χ4n) is 2.72. The van der Waals surface area contributed by atoms with Gasteiger partial charge in [-0.3, -0.25) is 4.79 Å². The van der Waals surface area contributed by atoms with E-state index in [4.69, 9.17) is 9.84 Å². The summed E-state index contributed by atoms with van der Waals surface area (Å²) in [6, 6.07) is 3.98. The highest BCUT2D eigenvalue weighted by Crippen LogP contribution is 2.31.